The van der Waals surface area contributed by atoms with E-state index in [1.807, 2.05) is 33.0 Å². The average Bonchev–Trinajstić information content (AvgIpc) is 2.55. The zero-order chi connectivity index (χ0) is 11.7. The highest BCUT2D eigenvalue weighted by Gasteiger charge is 2.10. The summed E-state index contributed by atoms with van der Waals surface area (Å²) in [5.41, 5.74) is 2.11. The zero-order valence-electron chi connectivity index (χ0n) is 9.70. The fourth-order valence-corrected chi connectivity index (χ4v) is 2.04. The van der Waals surface area contributed by atoms with Crippen molar-refractivity contribution < 1.29 is 4.74 Å². The molecular formula is C12H15BrN2O. The molecule has 16 heavy (non-hydrogen) atoms. The Morgan fingerprint density at radius 2 is 2.19 bits per heavy atom. The van der Waals surface area contributed by atoms with Crippen molar-refractivity contribution in [3.05, 3.63) is 28.5 Å². The smallest absolute Gasteiger partial charge is 0.135 e. The van der Waals surface area contributed by atoms with Gasteiger partial charge < -0.3 is 9.30 Å². The normalized spacial score (nSPS) is 11.6. The number of nitrogens with zero attached hydrogens (tertiary/aromatic N) is 2. The van der Waals surface area contributed by atoms with Crippen LogP contribution in [0.4, 0.5) is 0 Å². The van der Waals surface area contributed by atoms with Gasteiger partial charge in [0, 0.05) is 11.5 Å². The molecule has 1 heterocycles. The van der Waals surface area contributed by atoms with Gasteiger partial charge in [0.05, 0.1) is 11.6 Å². The van der Waals surface area contributed by atoms with Gasteiger partial charge in [-0.3, -0.25) is 0 Å². The van der Waals surface area contributed by atoms with E-state index in [4.69, 9.17) is 4.74 Å². The molecule has 0 N–H and O–H groups in total. The predicted octanol–water partition coefficient (Wildman–Crippen LogP) is 3.26. The van der Waals surface area contributed by atoms with Crippen LogP contribution in [0.1, 0.15) is 19.7 Å². The highest BCUT2D eigenvalue weighted by molar-refractivity contribution is 9.10. The summed E-state index contributed by atoms with van der Waals surface area (Å²) in [6.45, 7) is 4.60. The molecule has 3 nitrogen and oxygen atoms in total. The van der Waals surface area contributed by atoms with Crippen molar-refractivity contribution in [1.82, 2.24) is 9.55 Å². The molecule has 0 aliphatic rings. The van der Waals surface area contributed by atoms with Crippen LogP contribution in [0.5, 0.6) is 0 Å². The van der Waals surface area contributed by atoms with Crippen molar-refractivity contribution in [1.29, 1.82) is 0 Å². The molecule has 0 amide bonds. The van der Waals surface area contributed by atoms with E-state index in [0.29, 0.717) is 6.61 Å². The lowest BCUT2D eigenvalue weighted by Crippen LogP contribution is -2.06. The van der Waals surface area contributed by atoms with Gasteiger partial charge in [0.25, 0.3) is 0 Å². The van der Waals surface area contributed by atoms with Gasteiger partial charge in [0.15, 0.2) is 0 Å². The highest BCUT2D eigenvalue weighted by atomic mass is 79.9. The second-order valence-electron chi connectivity index (χ2n) is 4.05. The maximum Gasteiger partial charge on any atom is 0.135 e. The summed E-state index contributed by atoms with van der Waals surface area (Å²) in [7, 11) is 2.01. The number of ether oxygens (including phenoxy) is 1. The van der Waals surface area contributed by atoms with Crippen molar-refractivity contribution in [3.8, 4) is 0 Å². The minimum absolute atomic E-state index is 0.225. The Morgan fingerprint density at radius 3 is 2.81 bits per heavy atom. The Labute approximate surface area is 104 Å². The summed E-state index contributed by atoms with van der Waals surface area (Å²) in [4.78, 5) is 4.57. The third-order valence-electron chi connectivity index (χ3n) is 2.50. The molecule has 1 aromatic carbocycles. The summed E-state index contributed by atoms with van der Waals surface area (Å²) in [6, 6.07) is 6.08. The first-order valence-electron chi connectivity index (χ1n) is 5.31. The lowest BCUT2D eigenvalue weighted by Gasteiger charge is -2.06. The summed E-state index contributed by atoms with van der Waals surface area (Å²) < 4.78 is 8.68. The van der Waals surface area contributed by atoms with E-state index in [9.17, 15) is 0 Å². The SMILES string of the molecule is CC(C)OCc1nc2c(Br)cccc2n1C. The number of para-hydroxylation sites is 1. The molecule has 0 bridgehead atoms. The first-order valence-corrected chi connectivity index (χ1v) is 6.10. The predicted molar refractivity (Wildman–Crippen MR) is 68.3 cm³/mol. The van der Waals surface area contributed by atoms with Gasteiger partial charge in [-0.1, -0.05) is 6.07 Å². The summed E-state index contributed by atoms with van der Waals surface area (Å²) in [6.07, 6.45) is 0.225. The Hall–Kier alpha value is -0.870. The molecule has 2 rings (SSSR count). The Kier molecular flexibility index (Phi) is 3.30. The standard InChI is InChI=1S/C12H15BrN2O/c1-8(2)16-7-11-14-12-9(13)5-4-6-10(12)15(11)3/h4-6,8H,7H2,1-3H3. The fraction of sp³-hybridized carbons (Fsp3) is 0.417. The number of imidazole rings is 1. The number of fused-ring (bicyclic) bond motifs is 1. The van der Waals surface area contributed by atoms with Crippen LogP contribution in [-0.2, 0) is 18.4 Å². The highest BCUT2D eigenvalue weighted by Crippen LogP contribution is 2.23. The fourth-order valence-electron chi connectivity index (χ4n) is 1.60. The molecule has 0 unspecified atom stereocenters. The molecule has 0 saturated carbocycles. The van der Waals surface area contributed by atoms with Gasteiger partial charge >= 0.3 is 0 Å². The molecule has 0 aliphatic heterocycles. The number of rotatable bonds is 3. The monoisotopic (exact) mass is 282 g/mol. The molecule has 0 spiro atoms. The zero-order valence-corrected chi connectivity index (χ0v) is 11.3. The summed E-state index contributed by atoms with van der Waals surface area (Å²) in [5.74, 6) is 0.954. The van der Waals surface area contributed by atoms with E-state index in [2.05, 4.69) is 31.5 Å². The molecule has 0 saturated heterocycles. The number of halogens is 1. The number of hydrogen-bond acceptors (Lipinski definition) is 2. The van der Waals surface area contributed by atoms with Gasteiger partial charge in [0.2, 0.25) is 0 Å². The first-order chi connectivity index (χ1) is 7.59. The number of aromatic nitrogens is 2. The molecule has 0 atom stereocenters. The topological polar surface area (TPSA) is 27.1 Å². The Bertz CT molecular complexity index is 505. The number of benzene rings is 1. The van der Waals surface area contributed by atoms with Crippen LogP contribution < -0.4 is 0 Å². The Balaban J connectivity index is 2.40. The van der Waals surface area contributed by atoms with E-state index in [1.54, 1.807) is 0 Å². The van der Waals surface area contributed by atoms with Crippen LogP contribution in [0.3, 0.4) is 0 Å². The van der Waals surface area contributed by atoms with Crippen molar-refractivity contribution in [2.45, 2.75) is 26.6 Å². The van der Waals surface area contributed by atoms with Crippen molar-refractivity contribution in [2.75, 3.05) is 0 Å². The molecule has 4 heteroatoms. The van der Waals surface area contributed by atoms with E-state index in [0.717, 1.165) is 21.3 Å². The van der Waals surface area contributed by atoms with Gasteiger partial charge in [-0.2, -0.15) is 0 Å². The largest absolute Gasteiger partial charge is 0.371 e. The van der Waals surface area contributed by atoms with E-state index in [-0.39, 0.29) is 6.10 Å². The minimum Gasteiger partial charge on any atom is -0.371 e. The van der Waals surface area contributed by atoms with Crippen molar-refractivity contribution in [3.63, 3.8) is 0 Å². The van der Waals surface area contributed by atoms with Gasteiger partial charge in [-0.25, -0.2) is 4.98 Å². The van der Waals surface area contributed by atoms with Crippen LogP contribution in [0, 0.1) is 0 Å². The molecule has 0 radical (unpaired) electrons. The summed E-state index contributed by atoms with van der Waals surface area (Å²) in [5, 5.41) is 0. The molecular weight excluding hydrogens is 268 g/mol. The van der Waals surface area contributed by atoms with Crippen LogP contribution in [0.2, 0.25) is 0 Å². The van der Waals surface area contributed by atoms with Crippen molar-refractivity contribution in [2.24, 2.45) is 7.05 Å². The maximum atomic E-state index is 5.58. The van der Waals surface area contributed by atoms with Gasteiger partial charge in [0.1, 0.15) is 17.9 Å². The minimum atomic E-state index is 0.225. The third kappa shape index (κ3) is 2.13. The number of aryl methyl sites for hydroxylation is 1. The quantitative estimate of drug-likeness (QED) is 0.864. The third-order valence-corrected chi connectivity index (χ3v) is 3.14. The van der Waals surface area contributed by atoms with E-state index in [1.165, 1.54) is 0 Å². The summed E-state index contributed by atoms with van der Waals surface area (Å²) >= 11 is 3.51. The molecule has 0 aliphatic carbocycles. The lowest BCUT2D eigenvalue weighted by atomic mass is 10.3. The first kappa shape index (κ1) is 11.6. The van der Waals surface area contributed by atoms with E-state index < -0.39 is 0 Å². The lowest BCUT2D eigenvalue weighted by molar-refractivity contribution is 0.0602. The number of hydrogen-bond donors (Lipinski definition) is 0. The van der Waals surface area contributed by atoms with Gasteiger partial charge in [-0.15, -0.1) is 0 Å². The van der Waals surface area contributed by atoms with Crippen LogP contribution in [-0.4, -0.2) is 15.7 Å². The van der Waals surface area contributed by atoms with Crippen LogP contribution in [0.15, 0.2) is 22.7 Å². The second-order valence-corrected chi connectivity index (χ2v) is 4.91. The van der Waals surface area contributed by atoms with E-state index >= 15 is 0 Å². The molecule has 1 aromatic heterocycles. The van der Waals surface area contributed by atoms with Gasteiger partial charge in [-0.05, 0) is 41.9 Å². The van der Waals surface area contributed by atoms with Crippen LogP contribution >= 0.6 is 15.9 Å². The average molecular weight is 283 g/mol. The molecule has 0 fully saturated rings. The molecule has 2 aromatic rings. The maximum absolute atomic E-state index is 5.58. The Morgan fingerprint density at radius 1 is 1.44 bits per heavy atom. The molecule has 86 valence electrons. The van der Waals surface area contributed by atoms with Crippen molar-refractivity contribution >= 4 is 27.0 Å². The van der Waals surface area contributed by atoms with Crippen LogP contribution in [0.25, 0.3) is 11.0 Å². The second kappa shape index (κ2) is 4.55.